The SMILES string of the molecule is CCN1C(=O)/C(=C\c2ccc(OC)c(OC)c2)O/C1=N/c1ccccc1. The molecule has 1 fully saturated rings. The Morgan fingerprint density at radius 1 is 1.08 bits per heavy atom. The Hall–Kier alpha value is -3.28. The smallest absolute Gasteiger partial charge is 0.305 e. The number of hydrogen-bond acceptors (Lipinski definition) is 5. The average Bonchev–Trinajstić information content (AvgIpc) is 2.96. The lowest BCUT2D eigenvalue weighted by Crippen LogP contribution is -2.29. The lowest BCUT2D eigenvalue weighted by Gasteiger charge is -2.09. The summed E-state index contributed by atoms with van der Waals surface area (Å²) in [6.45, 7) is 2.34. The standard InChI is InChI=1S/C20H20N2O4/c1-4-22-19(23)18(26-20(22)21-15-8-6-5-7-9-15)13-14-10-11-16(24-2)17(12-14)25-3/h5-13H,4H2,1-3H3/b18-13+,21-20+. The Labute approximate surface area is 152 Å². The van der Waals surface area contributed by atoms with E-state index >= 15 is 0 Å². The second-order valence-electron chi connectivity index (χ2n) is 5.50. The number of amides is 1. The molecule has 0 unspecified atom stereocenters. The van der Waals surface area contributed by atoms with Crippen molar-refractivity contribution in [2.75, 3.05) is 20.8 Å². The van der Waals surface area contributed by atoms with E-state index in [0.29, 0.717) is 18.0 Å². The highest BCUT2D eigenvalue weighted by atomic mass is 16.5. The molecule has 1 saturated heterocycles. The zero-order valence-corrected chi connectivity index (χ0v) is 14.9. The maximum atomic E-state index is 12.6. The van der Waals surface area contributed by atoms with E-state index < -0.39 is 0 Å². The predicted octanol–water partition coefficient (Wildman–Crippen LogP) is 3.61. The number of benzene rings is 2. The molecule has 26 heavy (non-hydrogen) atoms. The van der Waals surface area contributed by atoms with Gasteiger partial charge >= 0.3 is 6.02 Å². The topological polar surface area (TPSA) is 60.4 Å². The zero-order valence-electron chi connectivity index (χ0n) is 14.9. The lowest BCUT2D eigenvalue weighted by molar-refractivity contribution is -0.122. The summed E-state index contributed by atoms with van der Waals surface area (Å²) in [6.07, 6.45) is 1.67. The Morgan fingerprint density at radius 3 is 2.46 bits per heavy atom. The van der Waals surface area contributed by atoms with Gasteiger partial charge in [-0.2, -0.15) is 4.99 Å². The van der Waals surface area contributed by atoms with Gasteiger partial charge in [-0.25, -0.2) is 0 Å². The van der Waals surface area contributed by atoms with Crippen LogP contribution >= 0.6 is 0 Å². The van der Waals surface area contributed by atoms with Crippen molar-refractivity contribution in [2.45, 2.75) is 6.92 Å². The van der Waals surface area contributed by atoms with Crippen molar-refractivity contribution in [2.24, 2.45) is 4.99 Å². The van der Waals surface area contributed by atoms with E-state index in [-0.39, 0.29) is 17.7 Å². The largest absolute Gasteiger partial charge is 0.493 e. The first kappa shape index (κ1) is 17.5. The molecule has 3 rings (SSSR count). The van der Waals surface area contributed by atoms with Crippen LogP contribution in [0.4, 0.5) is 5.69 Å². The van der Waals surface area contributed by atoms with Crippen LogP contribution in [-0.4, -0.2) is 37.6 Å². The van der Waals surface area contributed by atoms with Crippen LogP contribution in [-0.2, 0) is 9.53 Å². The molecule has 1 amide bonds. The highest BCUT2D eigenvalue weighted by Gasteiger charge is 2.33. The average molecular weight is 352 g/mol. The lowest BCUT2D eigenvalue weighted by atomic mass is 10.1. The summed E-state index contributed by atoms with van der Waals surface area (Å²) >= 11 is 0. The van der Waals surface area contributed by atoms with Crippen LogP contribution in [0.1, 0.15) is 12.5 Å². The number of methoxy groups -OCH3 is 2. The molecule has 134 valence electrons. The van der Waals surface area contributed by atoms with E-state index in [1.54, 1.807) is 32.4 Å². The van der Waals surface area contributed by atoms with Gasteiger partial charge in [-0.1, -0.05) is 24.3 Å². The van der Waals surface area contributed by atoms with Gasteiger partial charge in [0.1, 0.15) is 0 Å². The van der Waals surface area contributed by atoms with Crippen LogP contribution in [0.15, 0.2) is 59.3 Å². The molecule has 0 bridgehead atoms. The predicted molar refractivity (Wildman–Crippen MR) is 99.5 cm³/mol. The van der Waals surface area contributed by atoms with Crippen molar-refractivity contribution in [1.29, 1.82) is 0 Å². The number of rotatable bonds is 5. The van der Waals surface area contributed by atoms with Crippen LogP contribution in [0.5, 0.6) is 11.5 Å². The second kappa shape index (κ2) is 7.74. The van der Waals surface area contributed by atoms with E-state index in [1.807, 2.05) is 43.3 Å². The zero-order chi connectivity index (χ0) is 18.5. The van der Waals surface area contributed by atoms with Gasteiger partial charge < -0.3 is 14.2 Å². The van der Waals surface area contributed by atoms with Gasteiger partial charge in [0.15, 0.2) is 17.3 Å². The molecule has 1 aliphatic rings. The highest BCUT2D eigenvalue weighted by molar-refractivity contribution is 6.11. The molecule has 2 aromatic rings. The summed E-state index contributed by atoms with van der Waals surface area (Å²) in [4.78, 5) is 18.5. The summed E-state index contributed by atoms with van der Waals surface area (Å²) in [5.74, 6) is 1.19. The third kappa shape index (κ3) is 3.54. The fourth-order valence-electron chi connectivity index (χ4n) is 2.58. The maximum Gasteiger partial charge on any atom is 0.305 e. The normalized spacial score (nSPS) is 16.9. The first-order valence-electron chi connectivity index (χ1n) is 8.23. The molecular weight excluding hydrogens is 332 g/mol. The van der Waals surface area contributed by atoms with Gasteiger partial charge in [0.25, 0.3) is 5.91 Å². The van der Waals surface area contributed by atoms with E-state index in [2.05, 4.69) is 4.99 Å². The molecule has 0 spiro atoms. The minimum absolute atomic E-state index is 0.216. The Kier molecular flexibility index (Phi) is 5.22. The quantitative estimate of drug-likeness (QED) is 0.771. The molecule has 1 aliphatic heterocycles. The number of ether oxygens (including phenoxy) is 3. The van der Waals surface area contributed by atoms with E-state index in [1.165, 1.54) is 4.90 Å². The number of para-hydroxylation sites is 1. The molecule has 1 heterocycles. The number of hydrogen-bond donors (Lipinski definition) is 0. The molecule has 0 saturated carbocycles. The van der Waals surface area contributed by atoms with Crippen LogP contribution < -0.4 is 9.47 Å². The molecule has 6 nitrogen and oxygen atoms in total. The third-order valence-corrected chi connectivity index (χ3v) is 3.89. The third-order valence-electron chi connectivity index (χ3n) is 3.89. The van der Waals surface area contributed by atoms with Crippen molar-refractivity contribution >= 4 is 23.7 Å². The fraction of sp³-hybridized carbons (Fsp3) is 0.200. The molecule has 0 aromatic heterocycles. The van der Waals surface area contributed by atoms with Crippen LogP contribution in [0.2, 0.25) is 0 Å². The number of aliphatic imine (C=N–C) groups is 1. The highest BCUT2D eigenvalue weighted by Crippen LogP contribution is 2.29. The van der Waals surface area contributed by atoms with Crippen molar-refractivity contribution in [1.82, 2.24) is 4.90 Å². The van der Waals surface area contributed by atoms with Gasteiger partial charge in [0.2, 0.25) is 0 Å². The van der Waals surface area contributed by atoms with Gasteiger partial charge in [0, 0.05) is 6.54 Å². The molecule has 0 radical (unpaired) electrons. The van der Waals surface area contributed by atoms with Crippen molar-refractivity contribution < 1.29 is 19.0 Å². The molecular formula is C20H20N2O4. The summed E-state index contributed by atoms with van der Waals surface area (Å²) < 4.78 is 16.3. The first-order valence-corrected chi connectivity index (χ1v) is 8.23. The summed E-state index contributed by atoms with van der Waals surface area (Å²) in [7, 11) is 3.14. The van der Waals surface area contributed by atoms with Crippen LogP contribution in [0.3, 0.4) is 0 Å². The van der Waals surface area contributed by atoms with Crippen molar-refractivity contribution in [3.8, 4) is 11.5 Å². The maximum absolute atomic E-state index is 12.6. The monoisotopic (exact) mass is 352 g/mol. The van der Waals surface area contributed by atoms with Gasteiger partial charge in [0.05, 0.1) is 19.9 Å². The Balaban J connectivity index is 1.92. The van der Waals surface area contributed by atoms with Crippen molar-refractivity contribution in [3.63, 3.8) is 0 Å². The molecule has 0 atom stereocenters. The Bertz CT molecular complexity index is 859. The molecule has 0 aliphatic carbocycles. The number of carbonyl (C=O) groups is 1. The number of nitrogens with zero attached hydrogens (tertiary/aromatic N) is 2. The summed E-state index contributed by atoms with van der Waals surface area (Å²) in [5.41, 5.74) is 1.49. The van der Waals surface area contributed by atoms with Gasteiger partial charge in [-0.3, -0.25) is 9.69 Å². The van der Waals surface area contributed by atoms with Crippen LogP contribution in [0.25, 0.3) is 6.08 Å². The molecule has 2 aromatic carbocycles. The van der Waals surface area contributed by atoms with E-state index in [4.69, 9.17) is 14.2 Å². The molecule has 0 N–H and O–H groups in total. The number of carbonyl (C=O) groups excluding carboxylic acids is 1. The Morgan fingerprint density at radius 2 is 1.81 bits per heavy atom. The van der Waals surface area contributed by atoms with Gasteiger partial charge in [-0.05, 0) is 42.8 Å². The summed E-state index contributed by atoms with van der Waals surface area (Å²) in [5, 5.41) is 0. The van der Waals surface area contributed by atoms with Crippen LogP contribution in [0, 0.1) is 0 Å². The minimum Gasteiger partial charge on any atom is -0.493 e. The minimum atomic E-state index is -0.225. The van der Waals surface area contributed by atoms with Gasteiger partial charge in [-0.15, -0.1) is 0 Å². The molecule has 6 heteroatoms. The second-order valence-corrected chi connectivity index (χ2v) is 5.50. The fourth-order valence-corrected chi connectivity index (χ4v) is 2.58. The van der Waals surface area contributed by atoms with E-state index in [9.17, 15) is 4.79 Å². The number of likely N-dealkylation sites (N-methyl/N-ethyl adjacent to an activating group) is 1. The van der Waals surface area contributed by atoms with E-state index in [0.717, 1.165) is 11.3 Å². The number of amidine groups is 1. The summed E-state index contributed by atoms with van der Waals surface area (Å²) in [6, 6.07) is 15.0. The first-order chi connectivity index (χ1) is 12.7. The van der Waals surface area contributed by atoms with Crippen molar-refractivity contribution in [3.05, 3.63) is 59.9 Å².